The van der Waals surface area contributed by atoms with Gasteiger partial charge in [-0.1, -0.05) is 0 Å². The van der Waals surface area contributed by atoms with Gasteiger partial charge in [0.15, 0.2) is 5.82 Å². The van der Waals surface area contributed by atoms with Gasteiger partial charge in [-0.25, -0.2) is 15.0 Å². The first-order valence-electron chi connectivity index (χ1n) is 8.70. The predicted octanol–water partition coefficient (Wildman–Crippen LogP) is 1.07. The van der Waals surface area contributed by atoms with Gasteiger partial charge in [0, 0.05) is 30.0 Å². The number of rotatable bonds is 4. The van der Waals surface area contributed by atoms with Crippen molar-refractivity contribution in [2.75, 3.05) is 18.5 Å². The highest BCUT2D eigenvalue weighted by Gasteiger charge is 2.24. The summed E-state index contributed by atoms with van der Waals surface area (Å²) in [7, 11) is 1.85. The summed E-state index contributed by atoms with van der Waals surface area (Å²) in [4.78, 5) is 41.3. The fraction of sp³-hybridized carbons (Fsp3) is 0.500. The Morgan fingerprint density at radius 1 is 1.31 bits per heavy atom. The van der Waals surface area contributed by atoms with Gasteiger partial charge >= 0.3 is 0 Å². The van der Waals surface area contributed by atoms with Crippen molar-refractivity contribution < 1.29 is 4.79 Å². The summed E-state index contributed by atoms with van der Waals surface area (Å²) < 4.78 is 0. The zero-order valence-electron chi connectivity index (χ0n) is 15.6. The van der Waals surface area contributed by atoms with Crippen molar-refractivity contribution in [2.45, 2.75) is 45.6 Å². The van der Waals surface area contributed by atoms with Crippen molar-refractivity contribution in [2.24, 2.45) is 0 Å². The van der Waals surface area contributed by atoms with Crippen LogP contribution in [0.15, 0.2) is 17.2 Å². The summed E-state index contributed by atoms with van der Waals surface area (Å²) in [6, 6.07) is 0. The first-order valence-corrected chi connectivity index (χ1v) is 8.70. The number of amides is 1. The average Bonchev–Trinajstić information content (AvgIpc) is 3.01. The number of H-pyrrole nitrogens is 1. The van der Waals surface area contributed by atoms with Crippen LogP contribution in [0.3, 0.4) is 0 Å². The molecule has 26 heavy (non-hydrogen) atoms. The van der Waals surface area contributed by atoms with E-state index in [0.29, 0.717) is 11.5 Å². The number of anilines is 1. The number of aromatic nitrogens is 4. The Morgan fingerprint density at radius 2 is 2.08 bits per heavy atom. The van der Waals surface area contributed by atoms with Crippen LogP contribution in [0, 0.1) is 0 Å². The average molecular weight is 356 g/mol. The number of carbonyl (C=O) groups is 1. The van der Waals surface area contributed by atoms with Gasteiger partial charge in [-0.05, 0) is 40.0 Å². The molecule has 8 nitrogen and oxygen atoms in total. The third-order valence-corrected chi connectivity index (χ3v) is 4.07. The number of hydrogen-bond donors (Lipinski definition) is 2. The molecule has 2 heterocycles. The molecule has 3 rings (SSSR count). The molecule has 0 aromatic carbocycles. The van der Waals surface area contributed by atoms with Crippen LogP contribution in [0.1, 0.15) is 38.4 Å². The number of fused-ring (bicyclic) bond motifs is 1. The van der Waals surface area contributed by atoms with Crippen molar-refractivity contribution in [3.63, 3.8) is 0 Å². The quantitative estimate of drug-likeness (QED) is 0.849. The highest BCUT2D eigenvalue weighted by atomic mass is 16.2. The Hall–Kier alpha value is -2.77. The molecule has 1 aliphatic carbocycles. The Balaban J connectivity index is 1.92. The number of aryl methyl sites for hydroxylation is 1. The predicted molar refractivity (Wildman–Crippen MR) is 99.1 cm³/mol. The molecule has 0 spiro atoms. The summed E-state index contributed by atoms with van der Waals surface area (Å²) in [5.41, 5.74) is 2.03. The summed E-state index contributed by atoms with van der Waals surface area (Å²) in [6.07, 6.45) is 5.52. The number of hydrogen-bond acceptors (Lipinski definition) is 6. The Morgan fingerprint density at radius 3 is 2.73 bits per heavy atom. The van der Waals surface area contributed by atoms with Crippen molar-refractivity contribution in [3.8, 4) is 11.5 Å². The van der Waals surface area contributed by atoms with E-state index in [4.69, 9.17) is 0 Å². The molecule has 1 aliphatic rings. The lowest BCUT2D eigenvalue weighted by Gasteiger charge is -2.25. The van der Waals surface area contributed by atoms with E-state index >= 15 is 0 Å². The summed E-state index contributed by atoms with van der Waals surface area (Å²) in [5, 5.41) is 2.96. The van der Waals surface area contributed by atoms with E-state index < -0.39 is 0 Å². The van der Waals surface area contributed by atoms with E-state index in [-0.39, 0.29) is 23.6 Å². The highest BCUT2D eigenvalue weighted by molar-refractivity contribution is 5.82. The van der Waals surface area contributed by atoms with Gasteiger partial charge in [-0.15, -0.1) is 0 Å². The van der Waals surface area contributed by atoms with Crippen LogP contribution in [0.5, 0.6) is 0 Å². The van der Waals surface area contributed by atoms with E-state index in [1.807, 2.05) is 32.7 Å². The maximum atomic E-state index is 12.3. The van der Waals surface area contributed by atoms with Crippen LogP contribution < -0.4 is 15.8 Å². The molecule has 2 aromatic rings. The number of nitrogens with zero attached hydrogens (tertiary/aromatic N) is 4. The first kappa shape index (κ1) is 18.0. The molecular formula is C18H24N6O2. The van der Waals surface area contributed by atoms with Gasteiger partial charge in [-0.3, -0.25) is 9.59 Å². The number of likely N-dealkylation sites (N-methyl/N-ethyl adjacent to an activating group) is 1. The molecule has 2 N–H and O–H groups in total. The summed E-state index contributed by atoms with van der Waals surface area (Å²) in [5.74, 6) is 1.15. The van der Waals surface area contributed by atoms with Crippen LogP contribution >= 0.6 is 0 Å². The van der Waals surface area contributed by atoms with Crippen molar-refractivity contribution >= 4 is 11.7 Å². The third kappa shape index (κ3) is 4.07. The zero-order chi connectivity index (χ0) is 18.9. The van der Waals surface area contributed by atoms with Crippen molar-refractivity contribution in [1.82, 2.24) is 25.3 Å². The molecule has 8 heteroatoms. The maximum Gasteiger partial charge on any atom is 0.266 e. The van der Waals surface area contributed by atoms with E-state index in [9.17, 15) is 9.59 Å². The molecule has 2 aromatic heterocycles. The number of aromatic amines is 1. The van der Waals surface area contributed by atoms with Gasteiger partial charge in [0.05, 0.1) is 12.7 Å². The molecular weight excluding hydrogens is 332 g/mol. The fourth-order valence-corrected chi connectivity index (χ4v) is 3.06. The summed E-state index contributed by atoms with van der Waals surface area (Å²) in [6.45, 7) is 6.06. The molecule has 0 saturated carbocycles. The molecule has 1 amide bonds. The molecule has 0 bridgehead atoms. The molecule has 0 aliphatic heterocycles. The van der Waals surface area contributed by atoms with E-state index in [1.54, 1.807) is 0 Å². The summed E-state index contributed by atoms with van der Waals surface area (Å²) >= 11 is 0. The number of carbonyl (C=O) groups excluding carboxylic acids is 1. The Bertz CT molecular complexity index is 864. The van der Waals surface area contributed by atoms with Crippen LogP contribution in [-0.2, 0) is 17.6 Å². The smallest absolute Gasteiger partial charge is 0.266 e. The fourth-order valence-electron chi connectivity index (χ4n) is 3.06. The second kappa shape index (κ2) is 6.86. The van der Waals surface area contributed by atoms with E-state index in [0.717, 1.165) is 36.3 Å². The number of nitrogens with one attached hydrogen (secondary N) is 2. The third-order valence-electron chi connectivity index (χ3n) is 4.07. The van der Waals surface area contributed by atoms with Crippen molar-refractivity contribution in [3.05, 3.63) is 34.0 Å². The SMILES string of the molecule is CN(CC(=O)NC(C)(C)C)c1nc(-c2c[nH]c(=O)cn2)nc2c1CCC2. The Kier molecular flexibility index (Phi) is 4.76. The van der Waals surface area contributed by atoms with Gasteiger partial charge in [0.25, 0.3) is 5.56 Å². The lowest BCUT2D eigenvalue weighted by molar-refractivity contribution is -0.121. The van der Waals surface area contributed by atoms with Gasteiger partial charge in [-0.2, -0.15) is 0 Å². The monoisotopic (exact) mass is 356 g/mol. The maximum absolute atomic E-state index is 12.3. The van der Waals surface area contributed by atoms with E-state index in [2.05, 4.69) is 25.3 Å². The second-order valence-electron chi connectivity index (χ2n) is 7.60. The topological polar surface area (TPSA) is 104 Å². The molecule has 0 atom stereocenters. The molecule has 0 fully saturated rings. The van der Waals surface area contributed by atoms with Crippen LogP contribution in [0.4, 0.5) is 5.82 Å². The zero-order valence-corrected chi connectivity index (χ0v) is 15.6. The minimum Gasteiger partial charge on any atom is -0.350 e. The lowest BCUT2D eigenvalue weighted by atomic mass is 10.1. The molecule has 0 saturated heterocycles. The van der Waals surface area contributed by atoms with Crippen LogP contribution in [0.25, 0.3) is 11.5 Å². The van der Waals surface area contributed by atoms with Gasteiger partial charge in [0.1, 0.15) is 11.5 Å². The second-order valence-corrected chi connectivity index (χ2v) is 7.60. The van der Waals surface area contributed by atoms with E-state index in [1.165, 1.54) is 12.4 Å². The first-order chi connectivity index (χ1) is 12.2. The van der Waals surface area contributed by atoms with Gasteiger partial charge in [0.2, 0.25) is 5.91 Å². The molecule has 138 valence electrons. The Labute approximate surface area is 152 Å². The normalized spacial score (nSPS) is 13.4. The minimum atomic E-state index is -0.281. The highest BCUT2D eigenvalue weighted by Crippen LogP contribution is 2.30. The van der Waals surface area contributed by atoms with Gasteiger partial charge < -0.3 is 15.2 Å². The van der Waals surface area contributed by atoms with Crippen LogP contribution in [0.2, 0.25) is 0 Å². The standard InChI is InChI=1S/C18H24N6O2/c1-18(2,3)23-15(26)10-24(4)17-11-6-5-7-12(11)21-16(22-17)13-8-20-14(25)9-19-13/h8-9H,5-7,10H2,1-4H3,(H,20,25)(H,23,26). The molecule has 0 unspecified atom stereocenters. The van der Waals surface area contributed by atoms with Crippen molar-refractivity contribution in [1.29, 1.82) is 0 Å². The minimum absolute atomic E-state index is 0.0610. The lowest BCUT2D eigenvalue weighted by Crippen LogP contribution is -2.45. The largest absolute Gasteiger partial charge is 0.350 e. The van der Waals surface area contributed by atoms with Crippen LogP contribution in [-0.4, -0.2) is 45.0 Å². The molecule has 0 radical (unpaired) electrons.